The van der Waals surface area contributed by atoms with Gasteiger partial charge in [0.05, 0.1) is 23.3 Å². The zero-order chi connectivity index (χ0) is 22.9. The average Bonchev–Trinajstić information content (AvgIpc) is 2.77. The molecule has 11 heteroatoms. The van der Waals surface area contributed by atoms with Crippen molar-refractivity contribution in [2.24, 2.45) is 0 Å². The van der Waals surface area contributed by atoms with Gasteiger partial charge in [-0.3, -0.25) is 4.98 Å². The molecule has 2 aromatic carbocycles. The molecule has 0 aliphatic carbocycles. The summed E-state index contributed by atoms with van der Waals surface area (Å²) in [5, 5.41) is 1.06. The fraction of sp³-hybridized carbons (Fsp3) is 0.0952. The van der Waals surface area contributed by atoms with Crippen molar-refractivity contribution in [1.82, 2.24) is 15.0 Å². The number of halogens is 3. The third-order valence-electron chi connectivity index (χ3n) is 4.62. The van der Waals surface area contributed by atoms with Crippen molar-refractivity contribution in [3.05, 3.63) is 72.7 Å². The van der Waals surface area contributed by atoms with Crippen LogP contribution in [0.1, 0.15) is 5.56 Å². The Bertz CT molecular complexity index is 1390. The number of ether oxygens (including phenoxy) is 1. The van der Waals surface area contributed by atoms with E-state index < -0.39 is 21.8 Å². The molecule has 0 radical (unpaired) electrons. The minimum Gasteiger partial charge on any atom is -0.496 e. The molecular weight excluding hydrogens is 445 g/mol. The number of alkyl halides is 3. The van der Waals surface area contributed by atoms with E-state index in [1.165, 1.54) is 50.0 Å². The Morgan fingerprint density at radius 1 is 0.938 bits per heavy atom. The van der Waals surface area contributed by atoms with E-state index in [0.29, 0.717) is 22.0 Å². The topological polar surface area (TPSA) is 94.1 Å². The van der Waals surface area contributed by atoms with Crippen LogP contribution < -0.4 is 9.46 Å². The van der Waals surface area contributed by atoms with Gasteiger partial charge in [-0.25, -0.2) is 23.1 Å². The summed E-state index contributed by atoms with van der Waals surface area (Å²) >= 11 is 0. The third-order valence-corrected chi connectivity index (χ3v) is 5.95. The van der Waals surface area contributed by atoms with Gasteiger partial charge in [0.2, 0.25) is 5.95 Å². The smallest absolute Gasteiger partial charge is 0.416 e. The molecule has 0 saturated carbocycles. The Balaban J connectivity index is 1.78. The zero-order valence-corrected chi connectivity index (χ0v) is 17.3. The number of fused-ring (bicyclic) bond motifs is 1. The summed E-state index contributed by atoms with van der Waals surface area (Å²) in [5.74, 6) is -0.0723. The van der Waals surface area contributed by atoms with E-state index in [2.05, 4.69) is 19.7 Å². The summed E-state index contributed by atoms with van der Waals surface area (Å²) in [7, 11) is -2.69. The Labute approximate surface area is 181 Å². The fourth-order valence-corrected chi connectivity index (χ4v) is 4.12. The number of aromatic nitrogens is 3. The third kappa shape index (κ3) is 4.19. The second-order valence-corrected chi connectivity index (χ2v) is 8.32. The molecule has 2 heterocycles. The zero-order valence-electron chi connectivity index (χ0n) is 16.5. The molecule has 0 aliphatic rings. The van der Waals surface area contributed by atoms with Crippen LogP contribution in [-0.4, -0.2) is 30.5 Å². The van der Waals surface area contributed by atoms with Gasteiger partial charge >= 0.3 is 6.18 Å². The number of hydrogen-bond donors (Lipinski definition) is 1. The van der Waals surface area contributed by atoms with Crippen molar-refractivity contribution in [2.75, 3.05) is 11.8 Å². The van der Waals surface area contributed by atoms with Gasteiger partial charge in [0.25, 0.3) is 10.0 Å². The number of methoxy groups -OCH3 is 1. The highest BCUT2D eigenvalue weighted by molar-refractivity contribution is 7.92. The first kappa shape index (κ1) is 21.5. The molecule has 164 valence electrons. The van der Waals surface area contributed by atoms with Gasteiger partial charge in [-0.2, -0.15) is 13.2 Å². The summed E-state index contributed by atoms with van der Waals surface area (Å²) in [6, 6.07) is 10.6. The van der Waals surface area contributed by atoms with Gasteiger partial charge in [-0.15, -0.1) is 0 Å². The lowest BCUT2D eigenvalue weighted by Gasteiger charge is -2.14. The number of hydrogen-bond acceptors (Lipinski definition) is 6. The molecule has 0 fully saturated rings. The molecule has 0 unspecified atom stereocenters. The Kier molecular flexibility index (Phi) is 5.43. The van der Waals surface area contributed by atoms with Gasteiger partial charge in [0, 0.05) is 29.5 Å². The van der Waals surface area contributed by atoms with Crippen molar-refractivity contribution in [1.29, 1.82) is 0 Å². The normalized spacial score (nSPS) is 12.0. The molecule has 0 spiro atoms. The maximum Gasteiger partial charge on any atom is 0.416 e. The molecule has 4 rings (SSSR count). The lowest BCUT2D eigenvalue weighted by molar-refractivity contribution is -0.137. The number of nitrogens with zero attached hydrogens (tertiary/aromatic N) is 3. The van der Waals surface area contributed by atoms with E-state index in [9.17, 15) is 21.6 Å². The van der Waals surface area contributed by atoms with E-state index in [4.69, 9.17) is 4.74 Å². The number of anilines is 1. The van der Waals surface area contributed by atoms with Crippen LogP contribution in [0.5, 0.6) is 5.75 Å². The highest BCUT2D eigenvalue weighted by Crippen LogP contribution is 2.38. The van der Waals surface area contributed by atoms with E-state index in [1.54, 1.807) is 12.1 Å². The van der Waals surface area contributed by atoms with Crippen LogP contribution in [0.3, 0.4) is 0 Å². The minimum atomic E-state index is -4.52. The van der Waals surface area contributed by atoms with E-state index in [-0.39, 0.29) is 16.6 Å². The second kappa shape index (κ2) is 8.08. The lowest BCUT2D eigenvalue weighted by Crippen LogP contribution is -2.14. The second-order valence-electron chi connectivity index (χ2n) is 6.63. The summed E-state index contributed by atoms with van der Waals surface area (Å²) in [4.78, 5) is 11.9. The number of nitrogens with one attached hydrogen (secondary N) is 1. The van der Waals surface area contributed by atoms with Gasteiger partial charge in [0.15, 0.2) is 0 Å². The molecule has 0 saturated heterocycles. The molecule has 2 aromatic heterocycles. The molecule has 1 N–H and O–H groups in total. The summed E-state index contributed by atoms with van der Waals surface area (Å²) < 4.78 is 72.0. The van der Waals surface area contributed by atoms with Crippen molar-refractivity contribution in [3.63, 3.8) is 0 Å². The highest BCUT2D eigenvalue weighted by Gasteiger charge is 2.31. The quantitative estimate of drug-likeness (QED) is 0.471. The van der Waals surface area contributed by atoms with Crippen LogP contribution in [-0.2, 0) is 16.2 Å². The first-order valence-corrected chi connectivity index (χ1v) is 10.6. The van der Waals surface area contributed by atoms with Crippen LogP contribution >= 0.6 is 0 Å². The predicted molar refractivity (Wildman–Crippen MR) is 112 cm³/mol. The summed E-state index contributed by atoms with van der Waals surface area (Å²) in [6.07, 6.45) is -0.267. The molecule has 7 nitrogen and oxygen atoms in total. The molecule has 4 aromatic rings. The van der Waals surface area contributed by atoms with Crippen molar-refractivity contribution in [3.8, 4) is 17.0 Å². The van der Waals surface area contributed by atoms with Gasteiger partial charge in [0.1, 0.15) is 5.75 Å². The maximum absolute atomic E-state index is 13.1. The molecular formula is C21H15F3N4O3S. The van der Waals surface area contributed by atoms with Crippen molar-refractivity contribution in [2.45, 2.75) is 11.1 Å². The SMILES string of the molecule is COc1cc(C(F)(F)F)ccc1-c1nccc2cc(S(=O)(=O)Nc3ncccn3)ccc12. The number of benzene rings is 2. The Morgan fingerprint density at radius 2 is 1.69 bits per heavy atom. The van der Waals surface area contributed by atoms with Crippen LogP contribution in [0.25, 0.3) is 22.0 Å². The van der Waals surface area contributed by atoms with Crippen LogP contribution in [0.15, 0.2) is 72.0 Å². The first-order valence-electron chi connectivity index (χ1n) is 9.13. The van der Waals surface area contributed by atoms with E-state index in [0.717, 1.165) is 12.1 Å². The molecule has 0 aliphatic heterocycles. The Morgan fingerprint density at radius 3 is 2.38 bits per heavy atom. The molecule has 0 amide bonds. The van der Waals surface area contributed by atoms with Crippen molar-refractivity contribution >= 4 is 26.7 Å². The monoisotopic (exact) mass is 460 g/mol. The van der Waals surface area contributed by atoms with Gasteiger partial charge in [-0.05, 0) is 47.9 Å². The van der Waals surface area contributed by atoms with Crippen LogP contribution in [0.4, 0.5) is 19.1 Å². The highest BCUT2D eigenvalue weighted by atomic mass is 32.2. The average molecular weight is 460 g/mol. The van der Waals surface area contributed by atoms with Gasteiger partial charge in [-0.1, -0.05) is 6.07 Å². The maximum atomic E-state index is 13.1. The molecule has 32 heavy (non-hydrogen) atoms. The van der Waals surface area contributed by atoms with Crippen LogP contribution in [0, 0.1) is 0 Å². The van der Waals surface area contributed by atoms with Crippen molar-refractivity contribution < 1.29 is 26.3 Å². The van der Waals surface area contributed by atoms with E-state index >= 15 is 0 Å². The summed E-state index contributed by atoms with van der Waals surface area (Å²) in [6.45, 7) is 0. The number of sulfonamides is 1. The van der Waals surface area contributed by atoms with Gasteiger partial charge < -0.3 is 4.74 Å². The fourth-order valence-electron chi connectivity index (χ4n) is 3.13. The lowest BCUT2D eigenvalue weighted by atomic mass is 10.0. The standard InChI is InChI=1S/C21H15F3N4O3S/c1-31-18-12-14(21(22,23)24)3-5-17(18)19-16-6-4-15(11-13(16)7-10-25-19)32(29,30)28-20-26-8-2-9-27-20/h2-12H,1H3,(H,26,27,28). The summed E-state index contributed by atoms with van der Waals surface area (Å²) in [5.41, 5.74) is -0.144. The molecule has 0 bridgehead atoms. The first-order chi connectivity index (χ1) is 15.2. The number of rotatable bonds is 5. The molecule has 0 atom stereocenters. The Hall–Kier alpha value is -3.73. The van der Waals surface area contributed by atoms with Crippen LogP contribution in [0.2, 0.25) is 0 Å². The predicted octanol–water partition coefficient (Wildman–Crippen LogP) is 4.52. The number of pyridine rings is 1. The minimum absolute atomic E-state index is 0.000541. The van der Waals surface area contributed by atoms with E-state index in [1.807, 2.05) is 0 Å². The largest absolute Gasteiger partial charge is 0.496 e.